The molecule has 0 aliphatic carbocycles. The smallest absolute Gasteiger partial charge is 0.0476 e. The highest BCUT2D eigenvalue weighted by molar-refractivity contribution is 5.55. The van der Waals surface area contributed by atoms with Gasteiger partial charge in [0.25, 0.3) is 0 Å². The van der Waals surface area contributed by atoms with Crippen LogP contribution in [0.25, 0.3) is 0 Å². The highest BCUT2D eigenvalue weighted by atomic mass is 16.3. The van der Waals surface area contributed by atoms with Crippen LogP contribution >= 0.6 is 0 Å². The minimum Gasteiger partial charge on any atom is -0.396 e. The van der Waals surface area contributed by atoms with Gasteiger partial charge in [0, 0.05) is 37.8 Å². The van der Waals surface area contributed by atoms with Gasteiger partial charge in [0.1, 0.15) is 0 Å². The van der Waals surface area contributed by atoms with E-state index >= 15 is 0 Å². The third-order valence-corrected chi connectivity index (χ3v) is 3.49. The molecule has 0 spiro atoms. The van der Waals surface area contributed by atoms with Crippen LogP contribution in [0.5, 0.6) is 0 Å². The summed E-state index contributed by atoms with van der Waals surface area (Å²) in [7, 11) is 1.98. The maximum Gasteiger partial charge on any atom is 0.0476 e. The van der Waals surface area contributed by atoms with Crippen molar-refractivity contribution >= 4 is 5.69 Å². The number of aliphatic hydroxyl groups excluding tert-OH is 1. The van der Waals surface area contributed by atoms with Crippen LogP contribution in [0.15, 0.2) is 18.2 Å². The van der Waals surface area contributed by atoms with Crippen LogP contribution in [0.1, 0.15) is 17.5 Å². The average Bonchev–Trinajstić information content (AvgIpc) is 2.78. The van der Waals surface area contributed by atoms with Crippen LogP contribution in [0.3, 0.4) is 0 Å². The van der Waals surface area contributed by atoms with Crippen molar-refractivity contribution in [1.82, 2.24) is 5.32 Å². The first-order valence-electron chi connectivity index (χ1n) is 6.34. The first kappa shape index (κ1) is 12.4. The fourth-order valence-electron chi connectivity index (χ4n) is 2.56. The van der Waals surface area contributed by atoms with Gasteiger partial charge in [-0.2, -0.15) is 0 Å². The Hall–Kier alpha value is -1.06. The van der Waals surface area contributed by atoms with Gasteiger partial charge < -0.3 is 15.3 Å². The first-order chi connectivity index (χ1) is 8.24. The number of hydrogen-bond acceptors (Lipinski definition) is 3. The van der Waals surface area contributed by atoms with Crippen molar-refractivity contribution < 1.29 is 5.11 Å². The molecule has 3 heteroatoms. The van der Waals surface area contributed by atoms with E-state index in [9.17, 15) is 5.11 Å². The summed E-state index contributed by atoms with van der Waals surface area (Å²) in [4.78, 5) is 2.40. The molecule has 2 rings (SSSR count). The number of nitrogens with one attached hydrogen (secondary N) is 1. The van der Waals surface area contributed by atoms with E-state index in [0.29, 0.717) is 12.5 Å². The summed E-state index contributed by atoms with van der Waals surface area (Å²) in [6, 6.07) is 6.63. The molecule has 2 N–H and O–H groups in total. The lowest BCUT2D eigenvalue weighted by atomic mass is 10.1. The van der Waals surface area contributed by atoms with Gasteiger partial charge in [0.05, 0.1) is 0 Å². The Bertz CT molecular complexity index is 378. The Morgan fingerprint density at radius 3 is 2.94 bits per heavy atom. The Labute approximate surface area is 103 Å². The van der Waals surface area contributed by atoms with E-state index in [1.54, 1.807) is 0 Å². The molecule has 0 bridgehead atoms. The molecule has 94 valence electrons. The Kier molecular flexibility index (Phi) is 4.02. The molecule has 3 nitrogen and oxygen atoms in total. The fraction of sp³-hybridized carbons (Fsp3) is 0.571. The quantitative estimate of drug-likeness (QED) is 0.829. The highest BCUT2D eigenvalue weighted by Crippen LogP contribution is 2.27. The molecule has 0 radical (unpaired) electrons. The molecule has 1 aromatic rings. The van der Waals surface area contributed by atoms with Crippen LogP contribution < -0.4 is 10.2 Å². The largest absolute Gasteiger partial charge is 0.396 e. The van der Waals surface area contributed by atoms with Crippen molar-refractivity contribution in [1.29, 1.82) is 0 Å². The van der Waals surface area contributed by atoms with Gasteiger partial charge in [-0.3, -0.25) is 0 Å². The van der Waals surface area contributed by atoms with Crippen LogP contribution in [0, 0.1) is 12.8 Å². The van der Waals surface area contributed by atoms with E-state index in [-0.39, 0.29) is 0 Å². The van der Waals surface area contributed by atoms with Crippen molar-refractivity contribution in [3.05, 3.63) is 29.3 Å². The average molecular weight is 234 g/mol. The number of aliphatic hydroxyl groups is 1. The zero-order valence-electron chi connectivity index (χ0n) is 10.7. The second-order valence-corrected chi connectivity index (χ2v) is 4.95. The van der Waals surface area contributed by atoms with Crippen LogP contribution in [0.2, 0.25) is 0 Å². The number of anilines is 1. The lowest BCUT2D eigenvalue weighted by molar-refractivity contribution is 0.238. The molecule has 1 unspecified atom stereocenters. The summed E-state index contributed by atoms with van der Waals surface area (Å²) >= 11 is 0. The molecule has 1 aliphatic rings. The van der Waals surface area contributed by atoms with Gasteiger partial charge in [-0.1, -0.05) is 17.7 Å². The molecule has 1 heterocycles. The number of nitrogens with zero attached hydrogens (tertiary/aromatic N) is 1. The molecule has 0 amide bonds. The van der Waals surface area contributed by atoms with Gasteiger partial charge >= 0.3 is 0 Å². The van der Waals surface area contributed by atoms with Crippen LogP contribution in [0.4, 0.5) is 5.69 Å². The van der Waals surface area contributed by atoms with E-state index in [2.05, 4.69) is 35.3 Å². The summed E-state index contributed by atoms with van der Waals surface area (Å²) in [5.41, 5.74) is 3.98. The summed E-state index contributed by atoms with van der Waals surface area (Å²) in [6.45, 7) is 5.38. The molecule has 1 fully saturated rings. The normalized spacial score (nSPS) is 19.9. The molecule has 1 saturated heterocycles. The second kappa shape index (κ2) is 5.52. The maximum atomic E-state index is 9.21. The van der Waals surface area contributed by atoms with E-state index < -0.39 is 0 Å². The highest BCUT2D eigenvalue weighted by Gasteiger charge is 2.23. The minimum atomic E-state index is 0.309. The summed E-state index contributed by atoms with van der Waals surface area (Å²) in [5, 5.41) is 12.4. The van der Waals surface area contributed by atoms with Gasteiger partial charge in [0.15, 0.2) is 0 Å². The zero-order valence-corrected chi connectivity index (χ0v) is 10.7. The molecule has 0 aromatic heterocycles. The van der Waals surface area contributed by atoms with E-state index in [0.717, 1.165) is 26.1 Å². The lowest BCUT2D eigenvalue weighted by Gasteiger charge is -2.22. The summed E-state index contributed by atoms with van der Waals surface area (Å²) in [5.74, 6) is 0.443. The van der Waals surface area contributed by atoms with Crippen molar-refractivity contribution in [2.24, 2.45) is 5.92 Å². The molecular weight excluding hydrogens is 212 g/mol. The third-order valence-electron chi connectivity index (χ3n) is 3.49. The standard InChI is InChI=1S/C14H22N2O/c1-11-3-4-14(13(7-11)8-15-2)16-6-5-12(9-16)10-17/h3-4,7,12,15,17H,5-6,8-10H2,1-2H3. The third kappa shape index (κ3) is 2.79. The van der Waals surface area contributed by atoms with E-state index in [1.165, 1.54) is 16.8 Å². The first-order valence-corrected chi connectivity index (χ1v) is 6.34. The van der Waals surface area contributed by atoms with Gasteiger partial charge in [0.2, 0.25) is 0 Å². The van der Waals surface area contributed by atoms with E-state index in [4.69, 9.17) is 0 Å². The summed E-state index contributed by atoms with van der Waals surface area (Å²) in [6.07, 6.45) is 1.10. The Morgan fingerprint density at radius 2 is 2.29 bits per heavy atom. The van der Waals surface area contributed by atoms with Gasteiger partial charge in [-0.05, 0) is 32.0 Å². The maximum absolute atomic E-state index is 9.21. The lowest BCUT2D eigenvalue weighted by Crippen LogP contribution is -2.23. The van der Waals surface area contributed by atoms with Gasteiger partial charge in [-0.15, -0.1) is 0 Å². The second-order valence-electron chi connectivity index (χ2n) is 4.95. The van der Waals surface area contributed by atoms with Crippen molar-refractivity contribution in [3.8, 4) is 0 Å². The number of hydrogen-bond donors (Lipinski definition) is 2. The van der Waals surface area contributed by atoms with Crippen molar-refractivity contribution in [2.75, 3.05) is 31.6 Å². The Morgan fingerprint density at radius 1 is 1.47 bits per heavy atom. The van der Waals surface area contributed by atoms with Gasteiger partial charge in [-0.25, -0.2) is 0 Å². The number of aryl methyl sites for hydroxylation is 1. The van der Waals surface area contributed by atoms with Crippen molar-refractivity contribution in [2.45, 2.75) is 19.9 Å². The van der Waals surface area contributed by atoms with Crippen LogP contribution in [-0.2, 0) is 6.54 Å². The Balaban J connectivity index is 2.19. The molecular formula is C14H22N2O. The monoisotopic (exact) mass is 234 g/mol. The topological polar surface area (TPSA) is 35.5 Å². The van der Waals surface area contributed by atoms with E-state index in [1.807, 2.05) is 7.05 Å². The molecule has 0 saturated carbocycles. The summed E-state index contributed by atoms with van der Waals surface area (Å²) < 4.78 is 0. The zero-order chi connectivity index (χ0) is 12.3. The molecule has 17 heavy (non-hydrogen) atoms. The predicted molar refractivity (Wildman–Crippen MR) is 71.3 cm³/mol. The minimum absolute atomic E-state index is 0.309. The predicted octanol–water partition coefficient (Wildman–Crippen LogP) is 1.53. The molecule has 1 aliphatic heterocycles. The van der Waals surface area contributed by atoms with Crippen LogP contribution in [-0.4, -0.2) is 31.9 Å². The fourth-order valence-corrected chi connectivity index (χ4v) is 2.56. The number of rotatable bonds is 4. The SMILES string of the molecule is CNCc1cc(C)ccc1N1CCC(CO)C1. The molecule has 1 aromatic carbocycles. The number of benzene rings is 1. The van der Waals surface area contributed by atoms with Crippen molar-refractivity contribution in [3.63, 3.8) is 0 Å². The molecule has 1 atom stereocenters.